The van der Waals surface area contributed by atoms with Crippen molar-refractivity contribution < 1.29 is 13.6 Å². The Bertz CT molecular complexity index is 604. The molecule has 0 amide bonds. The molecule has 6 heteroatoms. The zero-order chi connectivity index (χ0) is 13.8. The molecule has 2 nitrogen and oxygen atoms in total. The van der Waals surface area contributed by atoms with E-state index in [0.29, 0.717) is 11.1 Å². The first-order valence-corrected chi connectivity index (χ1v) is 7.07. The molecule has 0 atom stereocenters. The molecule has 0 radical (unpaired) electrons. The second-order valence-corrected chi connectivity index (χ2v) is 5.56. The summed E-state index contributed by atoms with van der Waals surface area (Å²) in [7, 11) is 0. The number of pyridine rings is 1. The molecule has 0 bridgehead atoms. The first-order valence-electron chi connectivity index (χ1n) is 5.29. The number of halogens is 3. The van der Waals surface area contributed by atoms with Gasteiger partial charge in [0, 0.05) is 16.7 Å². The molecule has 0 fully saturated rings. The fourth-order valence-electron chi connectivity index (χ4n) is 1.38. The molecule has 0 aliphatic rings. The minimum atomic E-state index is -0.839. The number of hydrogen-bond donors (Lipinski definition) is 0. The topological polar surface area (TPSA) is 30.0 Å². The van der Waals surface area contributed by atoms with Crippen LogP contribution in [0.2, 0.25) is 0 Å². The van der Waals surface area contributed by atoms with Gasteiger partial charge in [-0.2, -0.15) is 0 Å². The molecule has 0 aliphatic heterocycles. The van der Waals surface area contributed by atoms with Gasteiger partial charge in [0.05, 0.1) is 16.3 Å². The summed E-state index contributed by atoms with van der Waals surface area (Å²) in [5.74, 6) is -1.88. The molecule has 1 aromatic heterocycles. The number of carbonyl (C=O) groups excluding carboxylic acids is 1. The Hall–Kier alpha value is -1.27. The smallest absolute Gasteiger partial charge is 0.176 e. The third-order valence-electron chi connectivity index (χ3n) is 2.28. The van der Waals surface area contributed by atoms with Gasteiger partial charge in [0.25, 0.3) is 0 Å². The number of aromatic nitrogens is 1. The van der Waals surface area contributed by atoms with E-state index in [0.717, 1.165) is 16.6 Å². The fraction of sp³-hybridized carbons (Fsp3) is 0.0769. The van der Waals surface area contributed by atoms with Crippen LogP contribution in [0.4, 0.5) is 8.78 Å². The van der Waals surface area contributed by atoms with Gasteiger partial charge in [-0.05, 0) is 40.2 Å². The molecule has 19 heavy (non-hydrogen) atoms. The van der Waals surface area contributed by atoms with E-state index >= 15 is 0 Å². The molecule has 0 saturated heterocycles. The van der Waals surface area contributed by atoms with Crippen molar-refractivity contribution in [2.45, 2.75) is 5.03 Å². The first kappa shape index (κ1) is 14.1. The van der Waals surface area contributed by atoms with Gasteiger partial charge >= 0.3 is 0 Å². The van der Waals surface area contributed by atoms with Crippen molar-refractivity contribution in [2.24, 2.45) is 0 Å². The Morgan fingerprint density at radius 3 is 2.68 bits per heavy atom. The molecule has 0 aliphatic carbocycles. The highest BCUT2D eigenvalue weighted by atomic mass is 79.9. The van der Waals surface area contributed by atoms with Gasteiger partial charge in [-0.25, -0.2) is 13.8 Å². The zero-order valence-electron chi connectivity index (χ0n) is 9.57. The molecule has 2 aromatic rings. The zero-order valence-corrected chi connectivity index (χ0v) is 12.0. The van der Waals surface area contributed by atoms with Gasteiger partial charge in [0.2, 0.25) is 0 Å². The lowest BCUT2D eigenvalue weighted by Gasteiger charge is -2.03. The second-order valence-electron chi connectivity index (χ2n) is 3.65. The van der Waals surface area contributed by atoms with Crippen LogP contribution >= 0.6 is 27.7 Å². The maximum absolute atomic E-state index is 13.4. The van der Waals surface area contributed by atoms with Crippen LogP contribution in [0.15, 0.2) is 46.0 Å². The number of rotatable bonds is 4. The first-order chi connectivity index (χ1) is 9.06. The van der Waals surface area contributed by atoms with E-state index < -0.39 is 17.4 Å². The average molecular weight is 344 g/mol. The number of benzene rings is 1. The Morgan fingerprint density at radius 1 is 1.26 bits per heavy atom. The number of ketones is 1. The summed E-state index contributed by atoms with van der Waals surface area (Å²) in [5, 5.41) is 0.666. The van der Waals surface area contributed by atoms with Crippen LogP contribution in [0, 0.1) is 11.6 Å². The van der Waals surface area contributed by atoms with E-state index in [1.807, 2.05) is 0 Å². The van der Waals surface area contributed by atoms with Crippen LogP contribution in [-0.2, 0) is 0 Å². The molecule has 2 rings (SSSR count). The van der Waals surface area contributed by atoms with Crippen LogP contribution in [0.1, 0.15) is 10.4 Å². The minimum Gasteiger partial charge on any atom is -0.293 e. The van der Waals surface area contributed by atoms with Crippen molar-refractivity contribution in [1.82, 2.24) is 4.98 Å². The highest BCUT2D eigenvalue weighted by Crippen LogP contribution is 2.20. The maximum Gasteiger partial charge on any atom is 0.176 e. The molecule has 0 saturated carbocycles. The molecule has 1 heterocycles. The lowest BCUT2D eigenvalue weighted by Crippen LogP contribution is -2.05. The van der Waals surface area contributed by atoms with Crippen LogP contribution in [-0.4, -0.2) is 16.5 Å². The summed E-state index contributed by atoms with van der Waals surface area (Å²) in [6.07, 6.45) is 1.62. The lowest BCUT2D eigenvalue weighted by atomic mass is 10.1. The van der Waals surface area contributed by atoms with Crippen LogP contribution < -0.4 is 0 Å². The van der Waals surface area contributed by atoms with Gasteiger partial charge in [-0.1, -0.05) is 11.8 Å². The van der Waals surface area contributed by atoms with Gasteiger partial charge in [0.15, 0.2) is 5.78 Å². The van der Waals surface area contributed by atoms with Crippen molar-refractivity contribution in [1.29, 1.82) is 0 Å². The minimum absolute atomic E-state index is 0.0528. The van der Waals surface area contributed by atoms with E-state index in [2.05, 4.69) is 20.9 Å². The van der Waals surface area contributed by atoms with Crippen molar-refractivity contribution in [2.75, 3.05) is 5.75 Å². The standard InChI is InChI=1S/C13H8BrF2NOS/c14-8-1-4-13(17-6-8)19-7-12(18)10-3-2-9(15)5-11(10)16/h1-6H,7H2. The lowest BCUT2D eigenvalue weighted by molar-refractivity contribution is 0.101. The highest BCUT2D eigenvalue weighted by molar-refractivity contribution is 9.10. The Balaban J connectivity index is 2.03. The number of hydrogen-bond acceptors (Lipinski definition) is 3. The van der Waals surface area contributed by atoms with E-state index in [9.17, 15) is 13.6 Å². The predicted molar refractivity (Wildman–Crippen MR) is 73.3 cm³/mol. The normalized spacial score (nSPS) is 10.5. The quantitative estimate of drug-likeness (QED) is 0.618. The van der Waals surface area contributed by atoms with Crippen molar-refractivity contribution in [3.63, 3.8) is 0 Å². The Kier molecular flexibility index (Phi) is 4.66. The summed E-state index contributed by atoms with van der Waals surface area (Å²) in [4.78, 5) is 15.9. The van der Waals surface area contributed by atoms with Crippen LogP contribution in [0.3, 0.4) is 0 Å². The van der Waals surface area contributed by atoms with Gasteiger partial charge in [-0.15, -0.1) is 0 Å². The summed E-state index contributed by atoms with van der Waals surface area (Å²) < 4.78 is 27.0. The van der Waals surface area contributed by atoms with Crippen molar-refractivity contribution in [3.05, 3.63) is 58.2 Å². The van der Waals surface area contributed by atoms with Crippen LogP contribution in [0.5, 0.6) is 0 Å². The number of Topliss-reactive ketones (excluding diaryl/α,β-unsaturated/α-hetero) is 1. The SMILES string of the molecule is O=C(CSc1ccc(Br)cn1)c1ccc(F)cc1F. The largest absolute Gasteiger partial charge is 0.293 e. The van der Waals surface area contributed by atoms with Crippen molar-refractivity contribution >= 4 is 33.5 Å². The Morgan fingerprint density at radius 2 is 2.05 bits per heavy atom. The molecule has 0 N–H and O–H groups in total. The fourth-order valence-corrected chi connectivity index (χ4v) is 2.34. The third kappa shape index (κ3) is 3.84. The van der Waals surface area contributed by atoms with Crippen molar-refractivity contribution in [3.8, 4) is 0 Å². The predicted octanol–water partition coefficient (Wildman–Crippen LogP) is 4.10. The number of nitrogens with zero attached hydrogens (tertiary/aromatic N) is 1. The van der Waals surface area contributed by atoms with Gasteiger partial charge in [0.1, 0.15) is 11.6 Å². The molecule has 98 valence electrons. The van der Waals surface area contributed by atoms with Gasteiger partial charge < -0.3 is 0 Å². The van der Waals surface area contributed by atoms with E-state index in [-0.39, 0.29) is 11.3 Å². The van der Waals surface area contributed by atoms with E-state index in [4.69, 9.17) is 0 Å². The second kappa shape index (κ2) is 6.25. The molecule has 0 spiro atoms. The average Bonchev–Trinajstić information content (AvgIpc) is 2.37. The summed E-state index contributed by atoms with van der Waals surface area (Å²) in [6, 6.07) is 6.48. The maximum atomic E-state index is 13.4. The molecule has 1 aromatic carbocycles. The molecule has 0 unspecified atom stereocenters. The monoisotopic (exact) mass is 343 g/mol. The Labute approximate surface area is 121 Å². The number of carbonyl (C=O) groups is 1. The molecular weight excluding hydrogens is 336 g/mol. The van der Waals surface area contributed by atoms with Crippen LogP contribution in [0.25, 0.3) is 0 Å². The number of thioether (sulfide) groups is 1. The summed E-state index contributed by atoms with van der Waals surface area (Å²) in [5.41, 5.74) is -0.106. The van der Waals surface area contributed by atoms with Gasteiger partial charge in [-0.3, -0.25) is 4.79 Å². The summed E-state index contributed by atoms with van der Waals surface area (Å²) in [6.45, 7) is 0. The van der Waals surface area contributed by atoms with E-state index in [1.165, 1.54) is 11.8 Å². The van der Waals surface area contributed by atoms with E-state index in [1.54, 1.807) is 18.3 Å². The summed E-state index contributed by atoms with van der Waals surface area (Å²) >= 11 is 4.46. The highest BCUT2D eigenvalue weighted by Gasteiger charge is 2.13. The third-order valence-corrected chi connectivity index (χ3v) is 3.70. The molecular formula is C13H8BrF2NOS.